The number of para-hydroxylation sites is 1. The van der Waals surface area contributed by atoms with Crippen LogP contribution in [-0.4, -0.2) is 28.9 Å². The average Bonchev–Trinajstić information content (AvgIpc) is 2.61. The number of nitro benzene ring substituents is 1. The van der Waals surface area contributed by atoms with Crippen LogP contribution in [0.4, 0.5) is 11.4 Å². The van der Waals surface area contributed by atoms with Crippen molar-refractivity contribution >= 4 is 23.2 Å². The minimum absolute atomic E-state index is 0.0364. The third-order valence-corrected chi connectivity index (χ3v) is 3.58. The van der Waals surface area contributed by atoms with E-state index in [1.807, 2.05) is 13.8 Å². The number of anilines is 1. The van der Waals surface area contributed by atoms with E-state index in [2.05, 4.69) is 10.6 Å². The van der Waals surface area contributed by atoms with Crippen molar-refractivity contribution in [3.05, 3.63) is 64.2 Å². The molecule has 142 valence electrons. The molecule has 0 aliphatic carbocycles. The number of nitro groups is 1. The highest BCUT2D eigenvalue weighted by atomic mass is 16.6. The Balaban J connectivity index is 2.06. The van der Waals surface area contributed by atoms with Gasteiger partial charge in [0.25, 0.3) is 17.5 Å². The van der Waals surface area contributed by atoms with Crippen LogP contribution in [0.15, 0.2) is 48.5 Å². The Bertz CT molecular complexity index is 833. The summed E-state index contributed by atoms with van der Waals surface area (Å²) in [6.07, 6.45) is -0.868. The number of rotatable bonds is 7. The predicted octanol–water partition coefficient (Wildman–Crippen LogP) is 3.14. The number of carbonyl (C=O) groups excluding carboxylic acids is 2. The fourth-order valence-electron chi connectivity index (χ4n) is 2.27. The Labute approximate surface area is 156 Å². The van der Waals surface area contributed by atoms with Crippen LogP contribution < -0.4 is 15.4 Å². The minimum atomic E-state index is -0.868. The highest BCUT2D eigenvalue weighted by Gasteiger charge is 2.19. The molecule has 0 heterocycles. The number of non-ortho nitro benzene ring substituents is 1. The Morgan fingerprint density at radius 3 is 2.26 bits per heavy atom. The smallest absolute Gasteiger partial charge is 0.269 e. The van der Waals surface area contributed by atoms with Crippen molar-refractivity contribution in [2.24, 2.45) is 0 Å². The van der Waals surface area contributed by atoms with Crippen molar-refractivity contribution in [3.8, 4) is 5.75 Å². The number of hydrogen-bond donors (Lipinski definition) is 2. The number of amides is 2. The van der Waals surface area contributed by atoms with Crippen molar-refractivity contribution < 1.29 is 19.2 Å². The van der Waals surface area contributed by atoms with Crippen LogP contribution in [0.5, 0.6) is 5.75 Å². The Morgan fingerprint density at radius 2 is 1.67 bits per heavy atom. The standard InChI is InChI=1S/C19H21N3O5/c1-12(2)20-19(24)16-6-4-5-7-17(16)21-18(23)13(3)27-15-10-8-14(9-11-15)22(25)26/h4-13H,1-3H3,(H,20,24)(H,21,23). The summed E-state index contributed by atoms with van der Waals surface area (Å²) in [6.45, 7) is 5.24. The van der Waals surface area contributed by atoms with E-state index >= 15 is 0 Å². The highest BCUT2D eigenvalue weighted by molar-refractivity contribution is 6.04. The molecule has 8 nitrogen and oxygen atoms in total. The van der Waals surface area contributed by atoms with Crippen molar-refractivity contribution in [2.75, 3.05) is 5.32 Å². The topological polar surface area (TPSA) is 111 Å². The maximum Gasteiger partial charge on any atom is 0.269 e. The summed E-state index contributed by atoms with van der Waals surface area (Å²) in [4.78, 5) is 34.8. The van der Waals surface area contributed by atoms with Crippen LogP contribution in [0.1, 0.15) is 31.1 Å². The van der Waals surface area contributed by atoms with Crippen LogP contribution >= 0.6 is 0 Å². The van der Waals surface area contributed by atoms with Gasteiger partial charge in [0.15, 0.2) is 6.10 Å². The van der Waals surface area contributed by atoms with E-state index in [-0.39, 0.29) is 17.6 Å². The SMILES string of the molecule is CC(C)NC(=O)c1ccccc1NC(=O)C(C)Oc1ccc([N+](=O)[O-])cc1. The van der Waals surface area contributed by atoms with E-state index in [0.29, 0.717) is 17.0 Å². The molecule has 1 unspecified atom stereocenters. The van der Waals surface area contributed by atoms with Crippen LogP contribution in [-0.2, 0) is 4.79 Å². The third-order valence-electron chi connectivity index (χ3n) is 3.58. The molecule has 27 heavy (non-hydrogen) atoms. The number of carbonyl (C=O) groups is 2. The lowest BCUT2D eigenvalue weighted by Crippen LogP contribution is -2.33. The summed E-state index contributed by atoms with van der Waals surface area (Å²) < 4.78 is 5.51. The molecule has 0 saturated heterocycles. The summed E-state index contributed by atoms with van der Waals surface area (Å²) >= 11 is 0. The van der Waals surface area contributed by atoms with Gasteiger partial charge in [0.05, 0.1) is 16.2 Å². The van der Waals surface area contributed by atoms with Crippen LogP contribution in [0.2, 0.25) is 0 Å². The molecule has 0 spiro atoms. The first-order chi connectivity index (χ1) is 12.8. The van der Waals surface area contributed by atoms with E-state index in [1.165, 1.54) is 24.3 Å². The number of nitrogens with zero attached hydrogens (tertiary/aromatic N) is 1. The molecule has 2 amide bonds. The zero-order valence-corrected chi connectivity index (χ0v) is 15.3. The normalized spacial score (nSPS) is 11.6. The lowest BCUT2D eigenvalue weighted by Gasteiger charge is -2.17. The number of hydrogen-bond acceptors (Lipinski definition) is 5. The van der Waals surface area contributed by atoms with Crippen molar-refractivity contribution in [1.29, 1.82) is 0 Å². The minimum Gasteiger partial charge on any atom is -0.481 e. The van der Waals surface area contributed by atoms with Gasteiger partial charge in [-0.05, 0) is 45.0 Å². The summed E-state index contributed by atoms with van der Waals surface area (Å²) in [5.41, 5.74) is 0.659. The average molecular weight is 371 g/mol. The summed E-state index contributed by atoms with van der Waals surface area (Å²) in [5, 5.41) is 16.1. The van der Waals surface area contributed by atoms with Gasteiger partial charge in [0.2, 0.25) is 0 Å². The summed E-state index contributed by atoms with van der Waals surface area (Å²) in [7, 11) is 0. The molecule has 2 aromatic rings. The molecule has 0 aromatic heterocycles. The molecular formula is C19H21N3O5. The fourth-order valence-corrected chi connectivity index (χ4v) is 2.27. The van der Waals surface area contributed by atoms with Gasteiger partial charge in [0, 0.05) is 18.2 Å². The largest absolute Gasteiger partial charge is 0.481 e. The van der Waals surface area contributed by atoms with E-state index < -0.39 is 16.9 Å². The first-order valence-electron chi connectivity index (χ1n) is 8.39. The molecule has 1 atom stereocenters. The van der Waals surface area contributed by atoms with Crippen LogP contribution in [0.3, 0.4) is 0 Å². The van der Waals surface area contributed by atoms with Crippen LogP contribution in [0.25, 0.3) is 0 Å². The molecular weight excluding hydrogens is 350 g/mol. The third kappa shape index (κ3) is 5.53. The van der Waals surface area contributed by atoms with Gasteiger partial charge in [-0.1, -0.05) is 12.1 Å². The maximum atomic E-state index is 12.4. The molecule has 2 N–H and O–H groups in total. The van der Waals surface area contributed by atoms with E-state index in [1.54, 1.807) is 31.2 Å². The first kappa shape index (κ1) is 19.9. The Morgan fingerprint density at radius 1 is 1.04 bits per heavy atom. The van der Waals surface area contributed by atoms with Gasteiger partial charge < -0.3 is 15.4 Å². The van der Waals surface area contributed by atoms with Gasteiger partial charge >= 0.3 is 0 Å². The molecule has 2 rings (SSSR count). The van der Waals surface area contributed by atoms with Gasteiger partial charge in [-0.15, -0.1) is 0 Å². The zero-order chi connectivity index (χ0) is 20.0. The quantitative estimate of drug-likeness (QED) is 0.574. The van der Waals surface area contributed by atoms with Gasteiger partial charge in [-0.3, -0.25) is 19.7 Å². The van der Waals surface area contributed by atoms with E-state index in [0.717, 1.165) is 0 Å². The van der Waals surface area contributed by atoms with Gasteiger partial charge in [-0.2, -0.15) is 0 Å². The molecule has 0 aliphatic heterocycles. The first-order valence-corrected chi connectivity index (χ1v) is 8.39. The molecule has 2 aromatic carbocycles. The lowest BCUT2D eigenvalue weighted by atomic mass is 10.1. The Hall–Kier alpha value is -3.42. The maximum absolute atomic E-state index is 12.4. The monoisotopic (exact) mass is 371 g/mol. The van der Waals surface area contributed by atoms with E-state index in [4.69, 9.17) is 4.74 Å². The lowest BCUT2D eigenvalue weighted by molar-refractivity contribution is -0.384. The van der Waals surface area contributed by atoms with Crippen LogP contribution in [0, 0.1) is 10.1 Å². The molecule has 0 radical (unpaired) electrons. The summed E-state index contributed by atoms with van der Waals surface area (Å²) in [5.74, 6) is -0.405. The number of ether oxygens (including phenoxy) is 1. The fraction of sp³-hybridized carbons (Fsp3) is 0.263. The Kier molecular flexibility index (Phi) is 6.48. The summed E-state index contributed by atoms with van der Waals surface area (Å²) in [6, 6.07) is 12.1. The second kappa shape index (κ2) is 8.79. The number of nitrogens with one attached hydrogen (secondary N) is 2. The molecule has 8 heteroatoms. The second-order valence-corrected chi connectivity index (χ2v) is 6.17. The van der Waals surface area contributed by atoms with Crippen molar-refractivity contribution in [2.45, 2.75) is 32.9 Å². The molecule has 0 aliphatic rings. The van der Waals surface area contributed by atoms with E-state index in [9.17, 15) is 19.7 Å². The predicted molar refractivity (Wildman–Crippen MR) is 101 cm³/mol. The molecule has 0 saturated carbocycles. The van der Waals surface area contributed by atoms with Crippen molar-refractivity contribution in [3.63, 3.8) is 0 Å². The second-order valence-electron chi connectivity index (χ2n) is 6.17. The highest BCUT2D eigenvalue weighted by Crippen LogP contribution is 2.20. The molecule has 0 bridgehead atoms. The van der Waals surface area contributed by atoms with Crippen molar-refractivity contribution in [1.82, 2.24) is 5.32 Å². The zero-order valence-electron chi connectivity index (χ0n) is 15.3. The number of benzene rings is 2. The van der Waals surface area contributed by atoms with Gasteiger partial charge in [-0.25, -0.2) is 0 Å². The van der Waals surface area contributed by atoms with Gasteiger partial charge in [0.1, 0.15) is 5.75 Å². The molecule has 0 fully saturated rings.